The summed E-state index contributed by atoms with van der Waals surface area (Å²) in [7, 11) is 0. The average Bonchev–Trinajstić information content (AvgIpc) is 3.20. The molecule has 1 aliphatic heterocycles. The molecule has 0 radical (unpaired) electrons. The Morgan fingerprint density at radius 2 is 1.82 bits per heavy atom. The van der Waals surface area contributed by atoms with Gasteiger partial charge < -0.3 is 20.5 Å². The van der Waals surface area contributed by atoms with Crippen molar-refractivity contribution in [2.24, 2.45) is 0 Å². The lowest BCUT2D eigenvalue weighted by Crippen LogP contribution is -2.26. The van der Waals surface area contributed by atoms with E-state index >= 15 is 0 Å². The summed E-state index contributed by atoms with van der Waals surface area (Å²) in [5.41, 5.74) is 7.78. The monoisotopic (exact) mass is 448 g/mol. The molecule has 3 N–H and O–H groups in total. The van der Waals surface area contributed by atoms with Crippen LogP contribution in [-0.2, 0) is 4.74 Å². The first kappa shape index (κ1) is 21.6. The van der Waals surface area contributed by atoms with Crippen LogP contribution in [0.4, 0.5) is 27.5 Å². The number of carbonyl (C=O) groups excluding carboxylic acids is 2. The number of nitro benzene ring substituents is 1. The van der Waals surface area contributed by atoms with Crippen LogP contribution >= 0.6 is 0 Å². The lowest BCUT2D eigenvalue weighted by molar-refractivity contribution is -0.384. The number of non-ortho nitro benzene ring substituents is 1. The van der Waals surface area contributed by atoms with Crippen molar-refractivity contribution >= 4 is 34.7 Å². The minimum atomic E-state index is -0.526. The van der Waals surface area contributed by atoms with E-state index in [2.05, 4.69) is 5.32 Å². The average molecular weight is 448 g/mol. The molecule has 10 heteroatoms. The molecule has 1 unspecified atom stereocenters. The number of nitrogens with one attached hydrogen (secondary N) is 1. The van der Waals surface area contributed by atoms with Crippen LogP contribution in [-0.4, -0.2) is 36.2 Å². The van der Waals surface area contributed by atoms with Crippen molar-refractivity contribution in [1.82, 2.24) is 0 Å². The van der Waals surface area contributed by atoms with Gasteiger partial charge in [0, 0.05) is 23.4 Å². The highest BCUT2D eigenvalue weighted by Gasteiger charge is 2.33. The molecule has 33 heavy (non-hydrogen) atoms. The normalized spacial score (nSPS) is 15.1. The first-order valence-corrected chi connectivity index (χ1v) is 10.0. The third kappa shape index (κ3) is 5.01. The minimum absolute atomic E-state index is 0.0369. The molecular weight excluding hydrogens is 428 g/mol. The molecule has 1 aliphatic rings. The number of ether oxygens (including phenoxy) is 2. The number of hydrogen-bond acceptors (Lipinski definition) is 7. The van der Waals surface area contributed by atoms with Gasteiger partial charge in [-0.1, -0.05) is 12.1 Å². The highest BCUT2D eigenvalue weighted by Crippen LogP contribution is 2.24. The maximum absolute atomic E-state index is 12.5. The van der Waals surface area contributed by atoms with Crippen LogP contribution in [0.1, 0.15) is 10.4 Å². The molecule has 0 aliphatic carbocycles. The molecule has 0 spiro atoms. The van der Waals surface area contributed by atoms with Crippen molar-refractivity contribution in [1.29, 1.82) is 0 Å². The zero-order valence-corrected chi connectivity index (χ0v) is 17.3. The number of hydrogen-bond donors (Lipinski definition) is 2. The number of benzene rings is 3. The molecule has 3 aromatic rings. The number of nitrogens with zero attached hydrogens (tertiary/aromatic N) is 2. The standard InChI is InChI=1S/C23H20N4O6/c24-20-3-1-2-4-21(20)25-22(28)15-5-7-16(8-6-15)26-13-19(33-23(26)29)14-32-18-11-9-17(10-12-18)27(30)31/h1-12,19H,13-14,24H2,(H,25,28). The molecule has 0 bridgehead atoms. The second kappa shape index (κ2) is 9.27. The van der Waals surface area contributed by atoms with Gasteiger partial charge >= 0.3 is 6.09 Å². The van der Waals surface area contributed by atoms with Crippen LogP contribution in [0.25, 0.3) is 0 Å². The molecule has 10 nitrogen and oxygen atoms in total. The van der Waals surface area contributed by atoms with Gasteiger partial charge in [0.15, 0.2) is 6.10 Å². The van der Waals surface area contributed by atoms with Crippen LogP contribution in [0.5, 0.6) is 5.75 Å². The largest absolute Gasteiger partial charge is 0.490 e. The second-order valence-corrected chi connectivity index (χ2v) is 7.27. The van der Waals surface area contributed by atoms with Gasteiger partial charge in [-0.2, -0.15) is 0 Å². The maximum atomic E-state index is 12.5. The number of para-hydroxylation sites is 2. The fourth-order valence-corrected chi connectivity index (χ4v) is 3.27. The van der Waals surface area contributed by atoms with E-state index in [-0.39, 0.29) is 24.7 Å². The summed E-state index contributed by atoms with van der Waals surface area (Å²) >= 11 is 0. The molecule has 1 fully saturated rings. The Hall–Kier alpha value is -4.60. The van der Waals surface area contributed by atoms with Crippen molar-refractivity contribution in [3.8, 4) is 5.75 Å². The van der Waals surface area contributed by atoms with Crippen molar-refractivity contribution in [3.63, 3.8) is 0 Å². The van der Waals surface area contributed by atoms with E-state index in [1.807, 2.05) is 0 Å². The van der Waals surface area contributed by atoms with Crippen molar-refractivity contribution < 1.29 is 24.0 Å². The Bertz CT molecular complexity index is 1180. The third-order valence-corrected chi connectivity index (χ3v) is 5.01. The molecule has 0 saturated carbocycles. The fourth-order valence-electron chi connectivity index (χ4n) is 3.27. The highest BCUT2D eigenvalue weighted by molar-refractivity contribution is 6.06. The van der Waals surface area contributed by atoms with Crippen LogP contribution in [0.15, 0.2) is 72.8 Å². The summed E-state index contributed by atoms with van der Waals surface area (Å²) in [6.07, 6.45) is -1.04. The van der Waals surface area contributed by atoms with Gasteiger partial charge in [0.1, 0.15) is 12.4 Å². The predicted molar refractivity (Wildman–Crippen MR) is 121 cm³/mol. The number of nitrogen functional groups attached to an aromatic ring is 1. The number of anilines is 3. The van der Waals surface area contributed by atoms with Crippen LogP contribution < -0.4 is 20.7 Å². The SMILES string of the molecule is Nc1ccccc1NC(=O)c1ccc(N2CC(COc3ccc([N+](=O)[O-])cc3)OC2=O)cc1. The van der Waals surface area contributed by atoms with Crippen molar-refractivity contribution in [2.75, 3.05) is 29.1 Å². The van der Waals surface area contributed by atoms with Crippen molar-refractivity contribution in [2.45, 2.75) is 6.10 Å². The first-order chi connectivity index (χ1) is 15.9. The number of nitro groups is 1. The van der Waals surface area contributed by atoms with Gasteiger partial charge in [-0.05, 0) is 48.5 Å². The number of amides is 2. The molecule has 3 aromatic carbocycles. The zero-order valence-electron chi connectivity index (χ0n) is 17.3. The van der Waals surface area contributed by atoms with Gasteiger partial charge in [0.2, 0.25) is 0 Å². The van der Waals surface area contributed by atoms with E-state index in [4.69, 9.17) is 15.2 Å². The van der Waals surface area contributed by atoms with E-state index in [1.165, 1.54) is 29.2 Å². The quantitative estimate of drug-likeness (QED) is 0.318. The number of cyclic esters (lactones) is 1. The first-order valence-electron chi connectivity index (χ1n) is 10.0. The molecule has 2 amide bonds. The van der Waals surface area contributed by atoms with E-state index < -0.39 is 17.1 Å². The Balaban J connectivity index is 1.34. The van der Waals surface area contributed by atoms with Gasteiger partial charge in [-0.3, -0.25) is 19.8 Å². The summed E-state index contributed by atoms with van der Waals surface area (Å²) in [6.45, 7) is 0.358. The van der Waals surface area contributed by atoms with Gasteiger partial charge in [0.05, 0.1) is 22.8 Å². The van der Waals surface area contributed by atoms with E-state index in [9.17, 15) is 19.7 Å². The van der Waals surface area contributed by atoms with Gasteiger partial charge in [-0.15, -0.1) is 0 Å². The highest BCUT2D eigenvalue weighted by atomic mass is 16.6. The lowest BCUT2D eigenvalue weighted by Gasteiger charge is -2.14. The number of rotatable bonds is 7. The Labute approximate surface area is 188 Å². The van der Waals surface area contributed by atoms with Crippen molar-refractivity contribution in [3.05, 3.63) is 88.5 Å². The molecule has 1 saturated heterocycles. The zero-order chi connectivity index (χ0) is 23.4. The Morgan fingerprint density at radius 3 is 2.48 bits per heavy atom. The van der Waals surface area contributed by atoms with Crippen LogP contribution in [0, 0.1) is 10.1 Å². The van der Waals surface area contributed by atoms with E-state index in [1.54, 1.807) is 48.5 Å². The summed E-state index contributed by atoms with van der Waals surface area (Å²) in [6, 6.07) is 19.1. The Kier molecular flexibility index (Phi) is 6.07. The maximum Gasteiger partial charge on any atom is 0.414 e. The van der Waals surface area contributed by atoms with Gasteiger partial charge in [-0.25, -0.2) is 4.79 Å². The molecule has 168 valence electrons. The summed E-state index contributed by atoms with van der Waals surface area (Å²) in [4.78, 5) is 36.4. The fraction of sp³-hybridized carbons (Fsp3) is 0.130. The summed E-state index contributed by atoms with van der Waals surface area (Å²) < 4.78 is 10.9. The predicted octanol–water partition coefficient (Wildman–Crippen LogP) is 3.83. The lowest BCUT2D eigenvalue weighted by atomic mass is 10.1. The Morgan fingerprint density at radius 1 is 1.12 bits per heavy atom. The number of carbonyl (C=O) groups is 2. The molecule has 0 aromatic heterocycles. The molecule has 1 heterocycles. The molecular formula is C23H20N4O6. The molecule has 1 atom stereocenters. The minimum Gasteiger partial charge on any atom is -0.490 e. The second-order valence-electron chi connectivity index (χ2n) is 7.27. The van der Waals surface area contributed by atoms with Gasteiger partial charge in [0.25, 0.3) is 11.6 Å². The topological polar surface area (TPSA) is 137 Å². The van der Waals surface area contributed by atoms with E-state index in [0.29, 0.717) is 28.4 Å². The smallest absolute Gasteiger partial charge is 0.414 e. The number of nitrogens with two attached hydrogens (primary N) is 1. The summed E-state index contributed by atoms with van der Waals surface area (Å²) in [5, 5.41) is 13.5. The van der Waals surface area contributed by atoms with E-state index in [0.717, 1.165) is 0 Å². The van der Waals surface area contributed by atoms with Crippen LogP contribution in [0.3, 0.4) is 0 Å². The third-order valence-electron chi connectivity index (χ3n) is 5.01. The molecule has 4 rings (SSSR count). The summed E-state index contributed by atoms with van der Waals surface area (Å²) in [5.74, 6) is 0.113. The van der Waals surface area contributed by atoms with Crippen LogP contribution in [0.2, 0.25) is 0 Å².